The van der Waals surface area contributed by atoms with Gasteiger partial charge in [0.05, 0.1) is 12.1 Å². The highest BCUT2D eigenvalue weighted by atomic mass is 32.2. The van der Waals surface area contributed by atoms with Crippen molar-refractivity contribution in [2.24, 2.45) is 0 Å². The Labute approximate surface area is 150 Å². The minimum atomic E-state index is -4.04. The Hall–Kier alpha value is -2.27. The van der Waals surface area contributed by atoms with Crippen LogP contribution in [0.1, 0.15) is 10.4 Å². The highest BCUT2D eigenvalue weighted by Crippen LogP contribution is 2.29. The molecule has 0 saturated carbocycles. The molecule has 26 heavy (non-hydrogen) atoms. The predicted molar refractivity (Wildman–Crippen MR) is 88.4 cm³/mol. The average Bonchev–Trinajstić information content (AvgIpc) is 3.15. The van der Waals surface area contributed by atoms with Gasteiger partial charge in [-0.2, -0.15) is 0 Å². The highest BCUT2D eigenvalue weighted by Gasteiger charge is 2.42. The lowest BCUT2D eigenvalue weighted by atomic mass is 10.2. The van der Waals surface area contributed by atoms with Gasteiger partial charge in [-0.3, -0.25) is 9.59 Å². The Morgan fingerprint density at radius 2 is 2.08 bits per heavy atom. The lowest BCUT2D eigenvalue weighted by Crippen LogP contribution is -2.48. The van der Waals surface area contributed by atoms with Crippen LogP contribution in [-0.2, 0) is 29.0 Å². The molecule has 2 atom stereocenters. The number of methoxy groups -OCH3 is 2. The molecule has 2 aliphatic heterocycles. The molecular weight excluding hydrogens is 364 g/mol. The maximum Gasteiger partial charge on any atom is 0.269 e. The summed E-state index contributed by atoms with van der Waals surface area (Å²) in [6.07, 6.45) is 2.61. The zero-order valence-corrected chi connectivity index (χ0v) is 15.0. The van der Waals surface area contributed by atoms with Gasteiger partial charge in [0, 0.05) is 14.2 Å². The van der Waals surface area contributed by atoms with Gasteiger partial charge < -0.3 is 19.5 Å². The van der Waals surface area contributed by atoms with Crippen LogP contribution < -0.4 is 5.32 Å². The third-order valence-corrected chi connectivity index (χ3v) is 5.92. The molecule has 140 valence electrons. The summed E-state index contributed by atoms with van der Waals surface area (Å²) >= 11 is 0. The van der Waals surface area contributed by atoms with Crippen LogP contribution >= 0.6 is 0 Å². The number of fused-ring (bicyclic) bond motifs is 1. The molecule has 0 spiro atoms. The van der Waals surface area contributed by atoms with Gasteiger partial charge in [0.2, 0.25) is 11.7 Å². The van der Waals surface area contributed by atoms with E-state index in [1.165, 1.54) is 32.4 Å². The number of amides is 2. The molecule has 2 heterocycles. The van der Waals surface area contributed by atoms with Gasteiger partial charge in [-0.15, -0.1) is 0 Å². The SMILES string of the molecule is CO[C@@H]1C=C[C@](CNC(=O)CN2C(=O)c3ccccc3S2(=O)=O)(OC)O1. The number of nitrogens with zero attached hydrogens (tertiary/aromatic N) is 1. The van der Waals surface area contributed by atoms with Gasteiger partial charge >= 0.3 is 0 Å². The molecule has 1 aromatic carbocycles. The van der Waals surface area contributed by atoms with Gasteiger partial charge in [-0.1, -0.05) is 12.1 Å². The number of ether oxygens (including phenoxy) is 3. The largest absolute Gasteiger partial charge is 0.352 e. The Morgan fingerprint density at radius 3 is 2.69 bits per heavy atom. The van der Waals surface area contributed by atoms with Crippen molar-refractivity contribution in [3.63, 3.8) is 0 Å². The first-order valence-electron chi connectivity index (χ1n) is 7.71. The summed E-state index contributed by atoms with van der Waals surface area (Å²) in [5, 5.41) is 2.52. The second kappa shape index (κ2) is 6.80. The van der Waals surface area contributed by atoms with E-state index >= 15 is 0 Å². The molecule has 0 radical (unpaired) electrons. The number of hydrogen-bond acceptors (Lipinski definition) is 7. The molecule has 2 amide bonds. The van der Waals surface area contributed by atoms with E-state index in [1.54, 1.807) is 18.2 Å². The zero-order valence-electron chi connectivity index (χ0n) is 14.2. The van der Waals surface area contributed by atoms with E-state index < -0.39 is 40.5 Å². The quantitative estimate of drug-likeness (QED) is 0.681. The Kier molecular flexibility index (Phi) is 4.84. The number of carbonyl (C=O) groups excluding carboxylic acids is 2. The number of nitrogens with one attached hydrogen (secondary N) is 1. The van der Waals surface area contributed by atoms with Crippen LogP contribution in [0.2, 0.25) is 0 Å². The summed E-state index contributed by atoms with van der Waals surface area (Å²) < 4.78 is 41.2. The predicted octanol–water partition coefficient (Wildman–Crippen LogP) is -0.151. The summed E-state index contributed by atoms with van der Waals surface area (Å²) in [6.45, 7) is -0.708. The van der Waals surface area contributed by atoms with E-state index in [-0.39, 0.29) is 17.0 Å². The number of hydrogen-bond donors (Lipinski definition) is 1. The summed E-state index contributed by atoms with van der Waals surface area (Å²) in [6, 6.07) is 5.83. The fourth-order valence-corrected chi connectivity index (χ4v) is 4.24. The maximum atomic E-state index is 12.4. The Bertz CT molecular complexity index is 867. The molecule has 1 N–H and O–H groups in total. The lowest BCUT2D eigenvalue weighted by Gasteiger charge is -2.27. The van der Waals surface area contributed by atoms with Crippen LogP contribution in [0.15, 0.2) is 41.3 Å². The molecule has 0 unspecified atom stereocenters. The molecule has 0 fully saturated rings. The first-order valence-corrected chi connectivity index (χ1v) is 9.15. The molecule has 0 aromatic heterocycles. The van der Waals surface area contributed by atoms with E-state index in [2.05, 4.69) is 5.32 Å². The van der Waals surface area contributed by atoms with Crippen LogP contribution in [0, 0.1) is 0 Å². The van der Waals surface area contributed by atoms with Gasteiger partial charge in [-0.25, -0.2) is 12.7 Å². The fourth-order valence-electron chi connectivity index (χ4n) is 2.71. The van der Waals surface area contributed by atoms with Gasteiger partial charge in [-0.05, 0) is 24.3 Å². The molecular formula is C16H18N2O7S. The summed E-state index contributed by atoms with van der Waals surface area (Å²) in [4.78, 5) is 24.4. The fraction of sp³-hybridized carbons (Fsp3) is 0.375. The number of carbonyl (C=O) groups is 2. The van der Waals surface area contributed by atoms with Crippen molar-refractivity contribution in [1.82, 2.24) is 9.62 Å². The maximum absolute atomic E-state index is 12.4. The van der Waals surface area contributed by atoms with Gasteiger partial charge in [0.15, 0.2) is 6.29 Å². The van der Waals surface area contributed by atoms with E-state index in [0.717, 1.165) is 0 Å². The molecule has 9 nitrogen and oxygen atoms in total. The lowest BCUT2D eigenvalue weighted by molar-refractivity contribution is -0.239. The molecule has 3 rings (SSSR count). The second-order valence-corrected chi connectivity index (χ2v) is 7.52. The zero-order chi connectivity index (χ0) is 18.9. The van der Waals surface area contributed by atoms with Crippen molar-refractivity contribution in [2.75, 3.05) is 27.3 Å². The molecule has 0 aliphatic carbocycles. The van der Waals surface area contributed by atoms with Crippen molar-refractivity contribution in [2.45, 2.75) is 17.0 Å². The summed E-state index contributed by atoms with van der Waals surface area (Å²) in [5.41, 5.74) is 0.0543. The highest BCUT2D eigenvalue weighted by molar-refractivity contribution is 7.90. The van der Waals surface area contributed by atoms with E-state index in [9.17, 15) is 18.0 Å². The number of benzene rings is 1. The molecule has 0 saturated heterocycles. The Balaban J connectivity index is 1.66. The van der Waals surface area contributed by atoms with E-state index in [0.29, 0.717) is 4.31 Å². The van der Waals surface area contributed by atoms with Gasteiger partial charge in [0.1, 0.15) is 11.4 Å². The summed E-state index contributed by atoms with van der Waals surface area (Å²) in [7, 11) is -1.17. The third-order valence-electron chi connectivity index (χ3n) is 4.13. The van der Waals surface area contributed by atoms with Crippen LogP contribution in [0.5, 0.6) is 0 Å². The smallest absolute Gasteiger partial charge is 0.269 e. The number of sulfonamides is 1. The second-order valence-electron chi connectivity index (χ2n) is 5.69. The van der Waals surface area contributed by atoms with Crippen LogP contribution in [0.25, 0.3) is 0 Å². The molecule has 0 bridgehead atoms. The minimum Gasteiger partial charge on any atom is -0.352 e. The normalized spacial score (nSPS) is 26.2. The van der Waals surface area contributed by atoms with Crippen LogP contribution in [0.3, 0.4) is 0 Å². The van der Waals surface area contributed by atoms with E-state index in [1.807, 2.05) is 0 Å². The number of rotatable bonds is 6. The van der Waals surface area contributed by atoms with Crippen molar-refractivity contribution in [3.8, 4) is 0 Å². The molecule has 10 heteroatoms. The molecule has 1 aromatic rings. The van der Waals surface area contributed by atoms with Crippen molar-refractivity contribution in [3.05, 3.63) is 42.0 Å². The minimum absolute atomic E-state index is 0.0543. The first kappa shape index (κ1) is 18.5. The van der Waals surface area contributed by atoms with Gasteiger partial charge in [0.25, 0.3) is 15.9 Å². The van der Waals surface area contributed by atoms with Crippen molar-refractivity contribution >= 4 is 21.8 Å². The topological polar surface area (TPSA) is 111 Å². The Morgan fingerprint density at radius 1 is 1.35 bits per heavy atom. The van der Waals surface area contributed by atoms with E-state index in [4.69, 9.17) is 14.2 Å². The first-order chi connectivity index (χ1) is 12.3. The third kappa shape index (κ3) is 3.12. The average molecular weight is 382 g/mol. The monoisotopic (exact) mass is 382 g/mol. The van der Waals surface area contributed by atoms with Crippen molar-refractivity contribution < 1.29 is 32.2 Å². The van der Waals surface area contributed by atoms with Crippen molar-refractivity contribution in [1.29, 1.82) is 0 Å². The summed E-state index contributed by atoms with van der Waals surface area (Å²) in [5.74, 6) is -2.61. The standard InChI is InChI=1S/C16H18N2O7S/c1-23-14-7-8-16(24-2,25-14)10-17-13(19)9-18-15(20)11-5-3-4-6-12(11)26(18,21)22/h3-8,14H,9-10H2,1-2H3,(H,17,19)/t14-,16-/m0/s1. The van der Waals surface area contributed by atoms with Crippen LogP contribution in [-0.4, -0.2) is 63.9 Å². The van der Waals surface area contributed by atoms with Crippen LogP contribution in [0.4, 0.5) is 0 Å². The molecule has 2 aliphatic rings.